The van der Waals surface area contributed by atoms with Crippen LogP contribution in [0.15, 0.2) is 56.0 Å². The molecule has 0 spiro atoms. The fourth-order valence-electron chi connectivity index (χ4n) is 2.16. The summed E-state index contributed by atoms with van der Waals surface area (Å²) in [6.45, 7) is 4.25. The molecule has 1 aliphatic heterocycles. The van der Waals surface area contributed by atoms with E-state index in [4.69, 9.17) is 0 Å². The summed E-state index contributed by atoms with van der Waals surface area (Å²) in [6, 6.07) is 12.3. The van der Waals surface area contributed by atoms with E-state index in [1.165, 1.54) is 19.6 Å². The minimum absolute atomic E-state index is 0.332. The van der Waals surface area contributed by atoms with Crippen molar-refractivity contribution in [3.8, 4) is 5.75 Å². The Balaban J connectivity index is 2.16. The van der Waals surface area contributed by atoms with Crippen LogP contribution in [0.4, 0.5) is 0 Å². The SMILES string of the molecule is CC(C)c1c(O)ccc2c1Sc1ccccc1S2. The third kappa shape index (κ3) is 1.91. The number of aromatic hydroxyl groups is 1. The number of phenols is 1. The molecule has 0 radical (unpaired) electrons. The molecular weight excluding hydrogens is 260 g/mol. The van der Waals surface area contributed by atoms with Gasteiger partial charge in [0.25, 0.3) is 0 Å². The Kier molecular flexibility index (Phi) is 3.04. The lowest BCUT2D eigenvalue weighted by atomic mass is 10.0. The van der Waals surface area contributed by atoms with Gasteiger partial charge in [-0.1, -0.05) is 49.5 Å². The quantitative estimate of drug-likeness (QED) is 0.664. The first-order valence-electron chi connectivity index (χ1n) is 5.97. The van der Waals surface area contributed by atoms with Crippen molar-refractivity contribution < 1.29 is 5.11 Å². The first-order valence-corrected chi connectivity index (χ1v) is 7.60. The standard InChI is InChI=1S/C15H14OS2/c1-9(2)14-10(16)7-8-13-15(14)18-12-6-4-3-5-11(12)17-13/h3-9,16H,1-2H3. The van der Waals surface area contributed by atoms with Gasteiger partial charge in [0.1, 0.15) is 5.75 Å². The number of hydrogen-bond donors (Lipinski definition) is 1. The van der Waals surface area contributed by atoms with Crippen LogP contribution in [0.3, 0.4) is 0 Å². The number of rotatable bonds is 1. The van der Waals surface area contributed by atoms with Crippen LogP contribution in [0.5, 0.6) is 5.75 Å². The first-order chi connectivity index (χ1) is 8.66. The molecule has 92 valence electrons. The highest BCUT2D eigenvalue weighted by molar-refractivity contribution is 8.05. The maximum Gasteiger partial charge on any atom is 0.120 e. The maximum atomic E-state index is 10.1. The Morgan fingerprint density at radius 3 is 2.22 bits per heavy atom. The number of fused-ring (bicyclic) bond motifs is 2. The molecule has 3 heteroatoms. The molecule has 18 heavy (non-hydrogen) atoms. The molecule has 2 aromatic carbocycles. The van der Waals surface area contributed by atoms with Crippen molar-refractivity contribution in [3.63, 3.8) is 0 Å². The minimum Gasteiger partial charge on any atom is -0.508 e. The maximum absolute atomic E-state index is 10.1. The smallest absolute Gasteiger partial charge is 0.120 e. The summed E-state index contributed by atoms with van der Waals surface area (Å²) in [6.07, 6.45) is 0. The lowest BCUT2D eigenvalue weighted by Gasteiger charge is -2.23. The average molecular weight is 274 g/mol. The second-order valence-electron chi connectivity index (χ2n) is 4.63. The van der Waals surface area contributed by atoms with Gasteiger partial charge in [-0.05, 0) is 30.2 Å². The van der Waals surface area contributed by atoms with E-state index in [1.54, 1.807) is 23.5 Å². The Hall–Kier alpha value is -1.06. The van der Waals surface area contributed by atoms with E-state index in [1.807, 2.05) is 12.1 Å². The van der Waals surface area contributed by atoms with E-state index in [-0.39, 0.29) is 0 Å². The zero-order chi connectivity index (χ0) is 12.7. The van der Waals surface area contributed by atoms with Crippen molar-refractivity contribution in [2.45, 2.75) is 39.3 Å². The summed E-state index contributed by atoms with van der Waals surface area (Å²) in [5.41, 5.74) is 1.07. The van der Waals surface area contributed by atoms with Crippen molar-refractivity contribution in [2.75, 3.05) is 0 Å². The Bertz CT molecular complexity index is 605. The van der Waals surface area contributed by atoms with Crippen LogP contribution in [-0.4, -0.2) is 5.11 Å². The molecule has 1 nitrogen and oxygen atoms in total. The zero-order valence-corrected chi connectivity index (χ0v) is 11.9. The molecule has 0 amide bonds. The molecule has 0 atom stereocenters. The van der Waals surface area contributed by atoms with Crippen LogP contribution in [0.1, 0.15) is 25.3 Å². The largest absolute Gasteiger partial charge is 0.508 e. The molecule has 0 bridgehead atoms. The summed E-state index contributed by atoms with van der Waals surface area (Å²) < 4.78 is 0. The summed E-state index contributed by atoms with van der Waals surface area (Å²) in [7, 11) is 0. The number of benzene rings is 2. The molecule has 0 unspecified atom stereocenters. The van der Waals surface area contributed by atoms with E-state index in [0.29, 0.717) is 11.7 Å². The first kappa shape index (κ1) is 12.0. The van der Waals surface area contributed by atoms with Crippen molar-refractivity contribution in [2.24, 2.45) is 0 Å². The van der Waals surface area contributed by atoms with E-state index < -0.39 is 0 Å². The van der Waals surface area contributed by atoms with Gasteiger partial charge in [0, 0.05) is 25.1 Å². The topological polar surface area (TPSA) is 20.2 Å². The fraction of sp³-hybridized carbons (Fsp3) is 0.200. The average Bonchev–Trinajstić information content (AvgIpc) is 2.36. The van der Waals surface area contributed by atoms with Gasteiger partial charge in [0.2, 0.25) is 0 Å². The molecule has 1 heterocycles. The highest BCUT2D eigenvalue weighted by atomic mass is 32.2. The fourth-order valence-corrected chi connectivity index (χ4v) is 4.70. The van der Waals surface area contributed by atoms with Crippen molar-refractivity contribution in [3.05, 3.63) is 42.0 Å². The molecular formula is C15H14OS2. The highest BCUT2D eigenvalue weighted by Gasteiger charge is 2.22. The summed E-state index contributed by atoms with van der Waals surface area (Å²) in [5, 5.41) is 10.1. The van der Waals surface area contributed by atoms with Crippen LogP contribution in [-0.2, 0) is 0 Å². The summed E-state index contributed by atoms with van der Waals surface area (Å²) in [5.74, 6) is 0.745. The van der Waals surface area contributed by atoms with Gasteiger partial charge < -0.3 is 5.11 Å². The molecule has 0 saturated carbocycles. The molecule has 1 aliphatic rings. The molecule has 1 N–H and O–H groups in total. The van der Waals surface area contributed by atoms with Crippen LogP contribution >= 0.6 is 23.5 Å². The molecule has 0 saturated heterocycles. The normalized spacial score (nSPS) is 13.3. The van der Waals surface area contributed by atoms with E-state index in [9.17, 15) is 5.11 Å². The second-order valence-corrected chi connectivity index (χ2v) is 6.77. The number of phenolic OH excluding ortho intramolecular Hbond substituents is 1. The van der Waals surface area contributed by atoms with Crippen LogP contribution in [0, 0.1) is 0 Å². The second kappa shape index (κ2) is 4.56. The van der Waals surface area contributed by atoms with Gasteiger partial charge in [0.15, 0.2) is 0 Å². The predicted molar refractivity (Wildman–Crippen MR) is 76.9 cm³/mol. The Morgan fingerprint density at radius 2 is 1.56 bits per heavy atom. The van der Waals surface area contributed by atoms with Gasteiger partial charge in [0.05, 0.1) is 0 Å². The van der Waals surface area contributed by atoms with Gasteiger partial charge in [-0.25, -0.2) is 0 Å². The monoisotopic (exact) mass is 274 g/mol. The van der Waals surface area contributed by atoms with Gasteiger partial charge >= 0.3 is 0 Å². The Labute approximate surface area is 116 Å². The van der Waals surface area contributed by atoms with Gasteiger partial charge in [-0.3, -0.25) is 0 Å². The van der Waals surface area contributed by atoms with E-state index >= 15 is 0 Å². The van der Waals surface area contributed by atoms with Crippen molar-refractivity contribution in [1.82, 2.24) is 0 Å². The van der Waals surface area contributed by atoms with Crippen molar-refractivity contribution in [1.29, 1.82) is 0 Å². The molecule has 0 aromatic heterocycles. The molecule has 2 aromatic rings. The highest BCUT2D eigenvalue weighted by Crippen LogP contribution is 2.52. The summed E-state index contributed by atoms with van der Waals surface area (Å²) in [4.78, 5) is 5.05. The number of hydrogen-bond acceptors (Lipinski definition) is 3. The zero-order valence-electron chi connectivity index (χ0n) is 10.3. The van der Waals surface area contributed by atoms with Crippen LogP contribution < -0.4 is 0 Å². The summed E-state index contributed by atoms with van der Waals surface area (Å²) >= 11 is 3.56. The lowest BCUT2D eigenvalue weighted by Crippen LogP contribution is -1.97. The lowest BCUT2D eigenvalue weighted by molar-refractivity contribution is 0.461. The molecule has 0 fully saturated rings. The molecule has 3 rings (SSSR count). The van der Waals surface area contributed by atoms with Crippen LogP contribution in [0.2, 0.25) is 0 Å². The van der Waals surface area contributed by atoms with Gasteiger partial charge in [-0.15, -0.1) is 0 Å². The van der Waals surface area contributed by atoms with Crippen LogP contribution in [0.25, 0.3) is 0 Å². The third-order valence-electron chi connectivity index (χ3n) is 3.00. The minimum atomic E-state index is 0.332. The van der Waals surface area contributed by atoms with E-state index in [0.717, 1.165) is 5.56 Å². The molecule has 0 aliphatic carbocycles. The van der Waals surface area contributed by atoms with Gasteiger partial charge in [-0.2, -0.15) is 0 Å². The van der Waals surface area contributed by atoms with E-state index in [2.05, 4.69) is 38.1 Å². The van der Waals surface area contributed by atoms with Crippen molar-refractivity contribution >= 4 is 23.5 Å². The Morgan fingerprint density at radius 1 is 0.889 bits per heavy atom. The predicted octanol–water partition coefficient (Wildman–Crippen LogP) is 5.13. The third-order valence-corrected chi connectivity index (χ3v) is 5.61.